The number of hydrogen-bond donors (Lipinski definition) is 1. The predicted octanol–water partition coefficient (Wildman–Crippen LogP) is 2.51. The first-order valence-electron chi connectivity index (χ1n) is 6.12. The molecule has 1 aromatic heterocycles. The van der Waals surface area contributed by atoms with Gasteiger partial charge in [0.15, 0.2) is 0 Å². The zero-order valence-electron chi connectivity index (χ0n) is 10.1. The first-order chi connectivity index (χ1) is 7.79. The summed E-state index contributed by atoms with van der Waals surface area (Å²) in [4.78, 5) is 4.16. The highest BCUT2D eigenvalue weighted by Gasteiger charge is 2.20. The Hall–Kier alpha value is -1.09. The third-order valence-corrected chi connectivity index (χ3v) is 2.92. The van der Waals surface area contributed by atoms with Crippen molar-refractivity contribution in [3.63, 3.8) is 0 Å². The predicted molar refractivity (Wildman–Crippen MR) is 64.5 cm³/mol. The van der Waals surface area contributed by atoms with Gasteiger partial charge in [0.05, 0.1) is 6.10 Å². The molecule has 1 saturated carbocycles. The number of hydrogen-bond acceptors (Lipinski definition) is 3. The van der Waals surface area contributed by atoms with Crippen LogP contribution in [0, 0.1) is 0 Å². The lowest BCUT2D eigenvalue weighted by molar-refractivity contribution is 0.214. The Bertz CT molecular complexity index is 336. The Morgan fingerprint density at radius 3 is 3.06 bits per heavy atom. The van der Waals surface area contributed by atoms with Gasteiger partial charge in [0.25, 0.3) is 0 Å². The Kier molecular flexibility index (Phi) is 3.78. The van der Waals surface area contributed by atoms with E-state index in [0.29, 0.717) is 0 Å². The molecule has 3 nitrogen and oxygen atoms in total. The minimum Gasteiger partial charge on any atom is -0.490 e. The minimum absolute atomic E-state index is 0.266. The van der Waals surface area contributed by atoms with Crippen LogP contribution >= 0.6 is 0 Å². The third-order valence-electron chi connectivity index (χ3n) is 2.92. The minimum atomic E-state index is 0.266. The van der Waals surface area contributed by atoms with Gasteiger partial charge in [-0.2, -0.15) is 0 Å². The molecule has 1 fully saturated rings. The standard InChI is InChI=1S/C13H20N2O/c1-3-10(2)16-13-6-7-14-8-11(13)9-15-12-4-5-12/h6-8,10,12,15H,3-5,9H2,1-2H3. The first kappa shape index (κ1) is 11.4. The van der Waals surface area contributed by atoms with Crippen LogP contribution < -0.4 is 10.1 Å². The maximum Gasteiger partial charge on any atom is 0.127 e. The van der Waals surface area contributed by atoms with Gasteiger partial charge in [-0.05, 0) is 32.3 Å². The van der Waals surface area contributed by atoms with E-state index < -0.39 is 0 Å². The average molecular weight is 220 g/mol. The molecule has 0 radical (unpaired) electrons. The Balaban J connectivity index is 1.97. The number of aromatic nitrogens is 1. The van der Waals surface area contributed by atoms with E-state index in [2.05, 4.69) is 24.1 Å². The Morgan fingerprint density at radius 2 is 2.38 bits per heavy atom. The van der Waals surface area contributed by atoms with E-state index >= 15 is 0 Å². The van der Waals surface area contributed by atoms with Crippen molar-refractivity contribution in [2.45, 2.75) is 51.8 Å². The van der Waals surface area contributed by atoms with Crippen molar-refractivity contribution in [3.8, 4) is 5.75 Å². The quantitative estimate of drug-likeness (QED) is 0.800. The molecular weight excluding hydrogens is 200 g/mol. The van der Waals surface area contributed by atoms with E-state index in [-0.39, 0.29) is 6.10 Å². The van der Waals surface area contributed by atoms with Gasteiger partial charge < -0.3 is 10.1 Å². The van der Waals surface area contributed by atoms with Gasteiger partial charge in [-0.3, -0.25) is 4.98 Å². The smallest absolute Gasteiger partial charge is 0.127 e. The SMILES string of the molecule is CCC(C)Oc1ccncc1CNC1CC1. The van der Waals surface area contributed by atoms with Crippen LogP contribution in [0.4, 0.5) is 0 Å². The fourth-order valence-electron chi connectivity index (χ4n) is 1.50. The summed E-state index contributed by atoms with van der Waals surface area (Å²) in [7, 11) is 0. The van der Waals surface area contributed by atoms with Crippen molar-refractivity contribution in [1.29, 1.82) is 0 Å². The molecule has 0 amide bonds. The van der Waals surface area contributed by atoms with E-state index in [1.807, 2.05) is 12.3 Å². The molecule has 1 heterocycles. The van der Waals surface area contributed by atoms with Crippen molar-refractivity contribution in [1.82, 2.24) is 10.3 Å². The van der Waals surface area contributed by atoms with Crippen LogP contribution in [0.2, 0.25) is 0 Å². The molecule has 0 aliphatic heterocycles. The van der Waals surface area contributed by atoms with Crippen molar-refractivity contribution in [3.05, 3.63) is 24.0 Å². The van der Waals surface area contributed by atoms with Gasteiger partial charge in [0.1, 0.15) is 5.75 Å². The maximum absolute atomic E-state index is 5.87. The number of pyridine rings is 1. The van der Waals surface area contributed by atoms with Gasteiger partial charge in [-0.1, -0.05) is 6.92 Å². The number of rotatable bonds is 6. The van der Waals surface area contributed by atoms with Crippen LogP contribution in [-0.2, 0) is 6.54 Å². The largest absolute Gasteiger partial charge is 0.490 e. The van der Waals surface area contributed by atoms with E-state index in [1.54, 1.807) is 6.20 Å². The Labute approximate surface area is 97.2 Å². The molecule has 2 rings (SSSR count). The van der Waals surface area contributed by atoms with Crippen LogP contribution in [0.15, 0.2) is 18.5 Å². The van der Waals surface area contributed by atoms with Crippen LogP contribution in [0.1, 0.15) is 38.7 Å². The second-order valence-electron chi connectivity index (χ2n) is 4.48. The fraction of sp³-hybridized carbons (Fsp3) is 0.615. The molecule has 1 aliphatic carbocycles. The summed E-state index contributed by atoms with van der Waals surface area (Å²) in [5.74, 6) is 0.970. The summed E-state index contributed by atoms with van der Waals surface area (Å²) in [5.41, 5.74) is 1.16. The molecule has 1 N–H and O–H groups in total. The molecule has 0 spiro atoms. The highest BCUT2D eigenvalue weighted by molar-refractivity contribution is 5.30. The van der Waals surface area contributed by atoms with Gasteiger partial charge >= 0.3 is 0 Å². The molecule has 0 aromatic carbocycles. The molecule has 1 atom stereocenters. The molecule has 88 valence electrons. The second-order valence-corrected chi connectivity index (χ2v) is 4.48. The molecule has 1 aliphatic rings. The number of nitrogens with zero attached hydrogens (tertiary/aromatic N) is 1. The topological polar surface area (TPSA) is 34.1 Å². The Morgan fingerprint density at radius 1 is 1.56 bits per heavy atom. The van der Waals surface area contributed by atoms with Gasteiger partial charge in [-0.15, -0.1) is 0 Å². The summed E-state index contributed by atoms with van der Waals surface area (Å²) in [6.45, 7) is 5.09. The zero-order chi connectivity index (χ0) is 11.4. The summed E-state index contributed by atoms with van der Waals surface area (Å²) < 4.78 is 5.87. The highest BCUT2D eigenvalue weighted by Crippen LogP contribution is 2.22. The van der Waals surface area contributed by atoms with Crippen LogP contribution in [0.25, 0.3) is 0 Å². The summed E-state index contributed by atoms with van der Waals surface area (Å²) in [6, 6.07) is 2.67. The number of ether oxygens (including phenoxy) is 1. The number of nitrogens with one attached hydrogen (secondary N) is 1. The van der Waals surface area contributed by atoms with Crippen LogP contribution in [0.5, 0.6) is 5.75 Å². The summed E-state index contributed by atoms with van der Waals surface area (Å²) >= 11 is 0. The van der Waals surface area contributed by atoms with E-state index in [4.69, 9.17) is 4.74 Å². The molecular formula is C13H20N2O. The molecule has 16 heavy (non-hydrogen) atoms. The molecule has 3 heteroatoms. The monoisotopic (exact) mass is 220 g/mol. The van der Waals surface area contributed by atoms with Crippen molar-refractivity contribution < 1.29 is 4.74 Å². The van der Waals surface area contributed by atoms with Crippen molar-refractivity contribution in [2.24, 2.45) is 0 Å². The molecule has 1 aromatic rings. The van der Waals surface area contributed by atoms with E-state index in [9.17, 15) is 0 Å². The molecule has 0 saturated heterocycles. The average Bonchev–Trinajstić information content (AvgIpc) is 3.11. The van der Waals surface area contributed by atoms with Crippen LogP contribution in [0.3, 0.4) is 0 Å². The van der Waals surface area contributed by atoms with Crippen molar-refractivity contribution >= 4 is 0 Å². The maximum atomic E-state index is 5.87. The van der Waals surface area contributed by atoms with Gasteiger partial charge in [0.2, 0.25) is 0 Å². The fourth-order valence-corrected chi connectivity index (χ4v) is 1.50. The third kappa shape index (κ3) is 3.20. The highest BCUT2D eigenvalue weighted by atomic mass is 16.5. The second kappa shape index (κ2) is 5.30. The summed E-state index contributed by atoms with van der Waals surface area (Å²) in [6.07, 6.45) is 7.59. The van der Waals surface area contributed by atoms with Gasteiger partial charge in [-0.25, -0.2) is 0 Å². The van der Waals surface area contributed by atoms with Crippen LogP contribution in [-0.4, -0.2) is 17.1 Å². The van der Waals surface area contributed by atoms with E-state index in [0.717, 1.165) is 30.3 Å². The lowest BCUT2D eigenvalue weighted by Crippen LogP contribution is -2.18. The molecule has 1 unspecified atom stereocenters. The van der Waals surface area contributed by atoms with Gasteiger partial charge in [0, 0.05) is 30.5 Å². The van der Waals surface area contributed by atoms with Crippen molar-refractivity contribution in [2.75, 3.05) is 0 Å². The summed E-state index contributed by atoms with van der Waals surface area (Å²) in [5, 5.41) is 3.48. The lowest BCUT2D eigenvalue weighted by Gasteiger charge is -2.15. The molecule has 0 bridgehead atoms. The first-order valence-corrected chi connectivity index (χ1v) is 6.12. The normalized spacial score (nSPS) is 17.1. The zero-order valence-corrected chi connectivity index (χ0v) is 10.1. The van der Waals surface area contributed by atoms with E-state index in [1.165, 1.54) is 12.8 Å². The lowest BCUT2D eigenvalue weighted by atomic mass is 10.2.